The molecule has 4 heterocycles. The summed E-state index contributed by atoms with van der Waals surface area (Å²) in [4.78, 5) is 24.2. The summed E-state index contributed by atoms with van der Waals surface area (Å²) < 4.78 is 27.6. The van der Waals surface area contributed by atoms with Crippen molar-refractivity contribution < 1.29 is 13.6 Å². The van der Waals surface area contributed by atoms with Crippen molar-refractivity contribution in [3.8, 4) is 0 Å². The fourth-order valence-corrected chi connectivity index (χ4v) is 3.72. The normalized spacial score (nSPS) is 25.1. The maximum atomic E-state index is 13.8. The van der Waals surface area contributed by atoms with Crippen LogP contribution >= 0.6 is 0 Å². The van der Waals surface area contributed by atoms with Gasteiger partial charge in [0.15, 0.2) is 5.96 Å². The Labute approximate surface area is 138 Å². The quantitative estimate of drug-likeness (QED) is 0.852. The van der Waals surface area contributed by atoms with E-state index in [2.05, 4.69) is 9.98 Å². The number of aromatic nitrogens is 1. The Balaban J connectivity index is 1.68. The van der Waals surface area contributed by atoms with Gasteiger partial charge >= 0.3 is 0 Å². The number of nitrogens with two attached hydrogens (primary N) is 1. The third-order valence-corrected chi connectivity index (χ3v) is 4.93. The lowest BCUT2D eigenvalue weighted by Crippen LogP contribution is -2.40. The number of likely N-dealkylation sites (tertiary alicyclic amines) is 1. The Morgan fingerprint density at radius 2 is 2.04 bits per heavy atom. The number of nitrogens with zero attached hydrogens (tertiary/aromatic N) is 4. The number of hydrogen-bond donors (Lipinski definition) is 1. The van der Waals surface area contributed by atoms with E-state index in [1.165, 1.54) is 11.1 Å². The summed E-state index contributed by atoms with van der Waals surface area (Å²) >= 11 is 0. The van der Waals surface area contributed by atoms with Crippen LogP contribution in [-0.2, 0) is 0 Å². The predicted octanol–water partition coefficient (Wildman–Crippen LogP) is 2.05. The standard InChI is InChI=1S/C16H19F2N5O/c17-16(18)7-13-10-6-11(14(24)22-4-2-1-3-5-22)20-8-12(10)21-15(19)23(13)9-16/h6,8,13H,1-5,7,9H2,(H2,19,21). The molecule has 0 saturated carbocycles. The molecule has 24 heavy (non-hydrogen) atoms. The summed E-state index contributed by atoms with van der Waals surface area (Å²) in [6.07, 6.45) is 4.24. The Kier molecular flexibility index (Phi) is 3.43. The number of hydrogen-bond acceptors (Lipinski definition) is 5. The molecular formula is C16H19F2N5O. The molecule has 6 nitrogen and oxygen atoms in total. The van der Waals surface area contributed by atoms with E-state index in [9.17, 15) is 13.6 Å². The zero-order chi connectivity index (χ0) is 16.9. The molecule has 1 atom stereocenters. The van der Waals surface area contributed by atoms with Crippen molar-refractivity contribution in [2.24, 2.45) is 10.7 Å². The molecule has 3 aliphatic heterocycles. The van der Waals surface area contributed by atoms with Crippen molar-refractivity contribution in [2.45, 2.75) is 37.6 Å². The second-order valence-corrected chi connectivity index (χ2v) is 6.65. The van der Waals surface area contributed by atoms with Crippen LogP contribution in [0.25, 0.3) is 0 Å². The Bertz CT molecular complexity index is 714. The first kappa shape index (κ1) is 15.3. The van der Waals surface area contributed by atoms with Crippen LogP contribution < -0.4 is 5.73 Å². The number of rotatable bonds is 1. The maximum Gasteiger partial charge on any atom is 0.272 e. The van der Waals surface area contributed by atoms with Gasteiger partial charge in [0.2, 0.25) is 0 Å². The maximum absolute atomic E-state index is 13.8. The van der Waals surface area contributed by atoms with Crippen LogP contribution in [0.1, 0.15) is 47.8 Å². The lowest BCUT2D eigenvalue weighted by atomic mass is 10.0. The van der Waals surface area contributed by atoms with Crippen LogP contribution in [-0.4, -0.2) is 52.2 Å². The summed E-state index contributed by atoms with van der Waals surface area (Å²) in [6, 6.07) is 1.06. The van der Waals surface area contributed by atoms with Gasteiger partial charge < -0.3 is 15.5 Å². The minimum atomic E-state index is -2.81. The molecule has 3 aliphatic rings. The highest BCUT2D eigenvalue weighted by molar-refractivity contribution is 5.93. The molecule has 2 fully saturated rings. The van der Waals surface area contributed by atoms with E-state index < -0.39 is 18.5 Å². The molecule has 8 heteroatoms. The second kappa shape index (κ2) is 5.39. The van der Waals surface area contributed by atoms with E-state index in [4.69, 9.17) is 5.73 Å². The number of pyridine rings is 1. The summed E-state index contributed by atoms with van der Waals surface area (Å²) in [7, 11) is 0. The number of carbonyl (C=O) groups is 1. The molecule has 1 unspecified atom stereocenters. The summed E-state index contributed by atoms with van der Waals surface area (Å²) in [6.45, 7) is 0.997. The third-order valence-electron chi connectivity index (χ3n) is 4.93. The lowest BCUT2D eigenvalue weighted by molar-refractivity contribution is 0.0165. The summed E-state index contributed by atoms with van der Waals surface area (Å²) in [5, 5.41) is 0. The molecule has 0 spiro atoms. The van der Waals surface area contributed by atoms with Gasteiger partial charge in [-0.2, -0.15) is 0 Å². The molecular weight excluding hydrogens is 316 g/mol. The van der Waals surface area contributed by atoms with Crippen LogP contribution in [0.3, 0.4) is 0 Å². The van der Waals surface area contributed by atoms with Crippen LogP contribution in [0.15, 0.2) is 17.3 Å². The number of amides is 1. The zero-order valence-corrected chi connectivity index (χ0v) is 13.2. The Morgan fingerprint density at radius 1 is 1.29 bits per heavy atom. The number of alkyl halides is 2. The molecule has 2 saturated heterocycles. The number of piperidine rings is 1. The molecule has 2 N–H and O–H groups in total. The van der Waals surface area contributed by atoms with E-state index in [-0.39, 0.29) is 18.3 Å². The fourth-order valence-electron chi connectivity index (χ4n) is 3.72. The van der Waals surface area contributed by atoms with Crippen molar-refractivity contribution in [1.29, 1.82) is 0 Å². The van der Waals surface area contributed by atoms with Gasteiger partial charge in [0.25, 0.3) is 11.8 Å². The molecule has 128 valence electrons. The molecule has 1 aromatic rings. The number of fused-ring (bicyclic) bond motifs is 3. The number of aliphatic imine (C=N–C) groups is 1. The molecule has 1 amide bonds. The highest BCUT2D eigenvalue weighted by atomic mass is 19.3. The van der Waals surface area contributed by atoms with Gasteiger partial charge in [-0.05, 0) is 25.3 Å². The minimum Gasteiger partial charge on any atom is -0.369 e. The van der Waals surface area contributed by atoms with Gasteiger partial charge in [-0.3, -0.25) is 4.79 Å². The van der Waals surface area contributed by atoms with Crippen molar-refractivity contribution >= 4 is 17.6 Å². The molecule has 0 aliphatic carbocycles. The first-order valence-electron chi connectivity index (χ1n) is 8.22. The fraction of sp³-hybridized carbons (Fsp3) is 0.562. The number of halogens is 2. The van der Waals surface area contributed by atoms with Gasteiger partial charge in [0, 0.05) is 25.1 Å². The zero-order valence-electron chi connectivity index (χ0n) is 13.2. The topological polar surface area (TPSA) is 74.8 Å². The highest BCUT2D eigenvalue weighted by Gasteiger charge is 2.48. The van der Waals surface area contributed by atoms with Crippen molar-refractivity contribution in [3.63, 3.8) is 0 Å². The number of carbonyl (C=O) groups excluding carboxylic acids is 1. The SMILES string of the molecule is NC1=Nc2cnc(C(=O)N3CCCCC3)cc2C2CC(F)(F)CN12. The van der Waals surface area contributed by atoms with Crippen LogP contribution in [0.2, 0.25) is 0 Å². The monoisotopic (exact) mass is 335 g/mol. The number of guanidine groups is 1. The average molecular weight is 335 g/mol. The second-order valence-electron chi connectivity index (χ2n) is 6.65. The van der Waals surface area contributed by atoms with Crippen molar-refractivity contribution in [2.75, 3.05) is 19.6 Å². The van der Waals surface area contributed by atoms with E-state index in [1.807, 2.05) is 0 Å². The highest BCUT2D eigenvalue weighted by Crippen LogP contribution is 2.46. The molecule has 0 aromatic carbocycles. The summed E-state index contributed by atoms with van der Waals surface area (Å²) in [5.74, 6) is -2.87. The average Bonchev–Trinajstić information content (AvgIpc) is 2.91. The van der Waals surface area contributed by atoms with Gasteiger partial charge in [-0.15, -0.1) is 0 Å². The van der Waals surface area contributed by atoms with E-state index in [0.717, 1.165) is 32.4 Å². The van der Waals surface area contributed by atoms with Crippen molar-refractivity contribution in [1.82, 2.24) is 14.8 Å². The van der Waals surface area contributed by atoms with Crippen LogP contribution in [0, 0.1) is 0 Å². The smallest absolute Gasteiger partial charge is 0.272 e. The molecule has 0 radical (unpaired) electrons. The summed E-state index contributed by atoms with van der Waals surface area (Å²) in [5.41, 5.74) is 7.19. The predicted molar refractivity (Wildman–Crippen MR) is 84.3 cm³/mol. The minimum absolute atomic E-state index is 0.0848. The Hall–Kier alpha value is -2.25. The van der Waals surface area contributed by atoms with Gasteiger partial charge in [-0.25, -0.2) is 18.8 Å². The van der Waals surface area contributed by atoms with Gasteiger partial charge in [0.1, 0.15) is 5.69 Å². The van der Waals surface area contributed by atoms with Crippen LogP contribution in [0.5, 0.6) is 0 Å². The van der Waals surface area contributed by atoms with Crippen molar-refractivity contribution in [3.05, 3.63) is 23.5 Å². The first-order chi connectivity index (χ1) is 11.4. The van der Waals surface area contributed by atoms with Crippen LogP contribution in [0.4, 0.5) is 14.5 Å². The molecule has 0 bridgehead atoms. The molecule has 1 aromatic heterocycles. The first-order valence-corrected chi connectivity index (χ1v) is 8.22. The largest absolute Gasteiger partial charge is 0.369 e. The third kappa shape index (κ3) is 2.50. The molecule has 4 rings (SSSR count). The van der Waals surface area contributed by atoms with E-state index >= 15 is 0 Å². The van der Waals surface area contributed by atoms with Gasteiger partial charge in [0.05, 0.1) is 24.5 Å². The van der Waals surface area contributed by atoms with E-state index in [0.29, 0.717) is 16.9 Å². The lowest BCUT2D eigenvalue weighted by Gasteiger charge is -2.30. The van der Waals surface area contributed by atoms with Gasteiger partial charge in [-0.1, -0.05) is 0 Å². The van der Waals surface area contributed by atoms with E-state index in [1.54, 1.807) is 11.0 Å². The Morgan fingerprint density at radius 3 is 2.79 bits per heavy atom.